The van der Waals surface area contributed by atoms with Crippen LogP contribution in [0.25, 0.3) is 11.5 Å². The van der Waals surface area contributed by atoms with Crippen molar-refractivity contribution in [2.75, 3.05) is 6.54 Å². The molecule has 6 nitrogen and oxygen atoms in total. The summed E-state index contributed by atoms with van der Waals surface area (Å²) in [5.74, 6) is 1.54. The van der Waals surface area contributed by atoms with E-state index in [9.17, 15) is 4.79 Å². The Morgan fingerprint density at radius 2 is 2.19 bits per heavy atom. The fourth-order valence-corrected chi connectivity index (χ4v) is 2.82. The summed E-state index contributed by atoms with van der Waals surface area (Å²) in [7, 11) is 0. The van der Waals surface area contributed by atoms with E-state index in [1.165, 1.54) is 0 Å². The highest BCUT2D eigenvalue weighted by Gasteiger charge is 2.30. The molecule has 0 saturated carbocycles. The molecule has 2 aromatic heterocycles. The number of aromatic nitrogens is 4. The minimum absolute atomic E-state index is 0.0165. The number of carbonyl (C=O) groups excluding carboxylic acids is 1. The molecule has 1 atom stereocenters. The van der Waals surface area contributed by atoms with E-state index in [0.717, 1.165) is 42.3 Å². The Balaban J connectivity index is 2.00. The summed E-state index contributed by atoms with van der Waals surface area (Å²) in [6, 6.07) is 1.90. The Bertz CT molecular complexity index is 678. The molecule has 0 spiro atoms. The van der Waals surface area contributed by atoms with Crippen LogP contribution in [0.15, 0.2) is 12.3 Å². The molecule has 1 N–H and O–H groups in total. The van der Waals surface area contributed by atoms with E-state index in [1.54, 1.807) is 13.1 Å². The van der Waals surface area contributed by atoms with E-state index in [-0.39, 0.29) is 11.9 Å². The Morgan fingerprint density at radius 1 is 1.38 bits per heavy atom. The van der Waals surface area contributed by atoms with E-state index in [4.69, 9.17) is 0 Å². The molecule has 0 unspecified atom stereocenters. The summed E-state index contributed by atoms with van der Waals surface area (Å²) in [5.41, 5.74) is 2.66. The van der Waals surface area contributed by atoms with Gasteiger partial charge in [0.1, 0.15) is 5.69 Å². The fourth-order valence-electron chi connectivity index (χ4n) is 2.82. The van der Waals surface area contributed by atoms with Crippen molar-refractivity contribution in [1.82, 2.24) is 24.8 Å². The van der Waals surface area contributed by atoms with Crippen LogP contribution in [-0.2, 0) is 4.79 Å². The van der Waals surface area contributed by atoms with E-state index in [0.29, 0.717) is 5.82 Å². The molecule has 1 saturated heterocycles. The van der Waals surface area contributed by atoms with Gasteiger partial charge < -0.3 is 9.88 Å². The molecule has 0 radical (unpaired) electrons. The molecule has 1 aliphatic heterocycles. The number of likely N-dealkylation sites (tertiary alicyclic amines) is 1. The number of nitrogens with zero attached hydrogens (tertiary/aromatic N) is 4. The van der Waals surface area contributed by atoms with Gasteiger partial charge >= 0.3 is 0 Å². The molecule has 3 heterocycles. The lowest BCUT2D eigenvalue weighted by molar-refractivity contribution is -0.129. The van der Waals surface area contributed by atoms with Crippen LogP contribution in [0.2, 0.25) is 0 Å². The quantitative estimate of drug-likeness (QED) is 0.917. The van der Waals surface area contributed by atoms with Gasteiger partial charge in [-0.2, -0.15) is 0 Å². The second kappa shape index (κ2) is 5.27. The van der Waals surface area contributed by atoms with Crippen LogP contribution in [0.3, 0.4) is 0 Å². The van der Waals surface area contributed by atoms with Gasteiger partial charge in [0.25, 0.3) is 0 Å². The third-order valence-corrected chi connectivity index (χ3v) is 3.77. The first kappa shape index (κ1) is 13.7. The Morgan fingerprint density at radius 3 is 2.86 bits per heavy atom. The molecular weight excluding hydrogens is 266 g/mol. The lowest BCUT2D eigenvalue weighted by Crippen LogP contribution is -2.29. The number of hydrogen-bond donors (Lipinski definition) is 1. The van der Waals surface area contributed by atoms with Gasteiger partial charge in [-0.05, 0) is 32.8 Å². The molecule has 1 fully saturated rings. The Hall–Kier alpha value is -2.24. The van der Waals surface area contributed by atoms with Crippen molar-refractivity contribution in [3.63, 3.8) is 0 Å². The molecular formula is C15H19N5O. The molecule has 1 aliphatic rings. The molecule has 0 aliphatic carbocycles. The van der Waals surface area contributed by atoms with Crippen molar-refractivity contribution in [2.45, 2.75) is 39.7 Å². The maximum atomic E-state index is 11.7. The molecule has 3 rings (SSSR count). The summed E-state index contributed by atoms with van der Waals surface area (Å²) in [5, 5.41) is 0. The minimum atomic E-state index is -0.0165. The maximum absolute atomic E-state index is 11.7. The Labute approximate surface area is 123 Å². The van der Waals surface area contributed by atoms with Crippen molar-refractivity contribution in [3.8, 4) is 11.5 Å². The zero-order valence-electron chi connectivity index (χ0n) is 12.6. The molecule has 0 aromatic carbocycles. The van der Waals surface area contributed by atoms with E-state index >= 15 is 0 Å². The van der Waals surface area contributed by atoms with Gasteiger partial charge in [-0.1, -0.05) is 0 Å². The van der Waals surface area contributed by atoms with Crippen LogP contribution in [-0.4, -0.2) is 37.3 Å². The van der Waals surface area contributed by atoms with Crippen LogP contribution in [0.4, 0.5) is 0 Å². The maximum Gasteiger partial charge on any atom is 0.220 e. The fraction of sp³-hybridized carbons (Fsp3) is 0.467. The first-order chi connectivity index (χ1) is 10.0. The van der Waals surface area contributed by atoms with Crippen LogP contribution in [0.5, 0.6) is 0 Å². The van der Waals surface area contributed by atoms with E-state index in [1.807, 2.05) is 24.8 Å². The van der Waals surface area contributed by atoms with Gasteiger partial charge in [0.15, 0.2) is 11.6 Å². The second-order valence-corrected chi connectivity index (χ2v) is 5.54. The first-order valence-corrected chi connectivity index (χ1v) is 7.19. The Kier molecular flexibility index (Phi) is 3.45. The average molecular weight is 285 g/mol. The smallest absolute Gasteiger partial charge is 0.220 e. The highest BCUT2D eigenvalue weighted by atomic mass is 16.2. The zero-order chi connectivity index (χ0) is 15.0. The predicted molar refractivity (Wildman–Crippen MR) is 78.4 cm³/mol. The lowest BCUT2D eigenvalue weighted by atomic mass is 10.2. The molecule has 21 heavy (non-hydrogen) atoms. The van der Waals surface area contributed by atoms with Gasteiger partial charge in [0, 0.05) is 31.1 Å². The van der Waals surface area contributed by atoms with E-state index in [2.05, 4.69) is 19.9 Å². The average Bonchev–Trinajstić information content (AvgIpc) is 3.06. The van der Waals surface area contributed by atoms with Crippen LogP contribution < -0.4 is 0 Å². The minimum Gasteiger partial charge on any atom is -0.341 e. The number of aromatic amines is 1. The molecule has 2 aromatic rings. The van der Waals surface area contributed by atoms with Crippen molar-refractivity contribution in [1.29, 1.82) is 0 Å². The highest BCUT2D eigenvalue weighted by Crippen LogP contribution is 2.30. The number of nitrogens with one attached hydrogen (secondary N) is 1. The van der Waals surface area contributed by atoms with Gasteiger partial charge in [0.2, 0.25) is 5.91 Å². The number of hydrogen-bond acceptors (Lipinski definition) is 4. The predicted octanol–water partition coefficient (Wildman–Crippen LogP) is 2.17. The summed E-state index contributed by atoms with van der Waals surface area (Å²) >= 11 is 0. The molecule has 0 bridgehead atoms. The number of H-pyrrole nitrogens is 1. The molecule has 6 heteroatoms. The van der Waals surface area contributed by atoms with E-state index < -0.39 is 0 Å². The topological polar surface area (TPSA) is 74.8 Å². The summed E-state index contributed by atoms with van der Waals surface area (Å²) in [6.07, 6.45) is 3.69. The van der Waals surface area contributed by atoms with Gasteiger partial charge in [-0.3, -0.25) is 4.79 Å². The van der Waals surface area contributed by atoms with Gasteiger partial charge in [0.05, 0.1) is 6.04 Å². The van der Waals surface area contributed by atoms with Crippen LogP contribution in [0.1, 0.15) is 43.0 Å². The van der Waals surface area contributed by atoms with Crippen molar-refractivity contribution in [3.05, 3.63) is 29.5 Å². The molecule has 1 amide bonds. The normalized spacial score (nSPS) is 18.2. The first-order valence-electron chi connectivity index (χ1n) is 7.19. The SMILES string of the molecule is CC(=O)N1CCC[C@H]1c1nc(C)cc(-c2ncc(C)[nH]2)n1. The third-order valence-electron chi connectivity index (χ3n) is 3.77. The number of imidazole rings is 1. The van der Waals surface area contributed by atoms with Crippen molar-refractivity contribution in [2.24, 2.45) is 0 Å². The van der Waals surface area contributed by atoms with Gasteiger partial charge in [-0.15, -0.1) is 0 Å². The molecule has 110 valence electrons. The number of amides is 1. The summed E-state index contributed by atoms with van der Waals surface area (Å²) in [6.45, 7) is 6.29. The summed E-state index contributed by atoms with van der Waals surface area (Å²) < 4.78 is 0. The standard InChI is InChI=1S/C15H19N5O/c1-9-7-12(14-16-8-10(2)18-14)19-15(17-9)13-5-4-6-20(13)11(3)21/h7-8,13H,4-6H2,1-3H3,(H,16,18)/t13-/m0/s1. The second-order valence-electron chi connectivity index (χ2n) is 5.54. The van der Waals surface area contributed by atoms with Gasteiger partial charge in [-0.25, -0.2) is 15.0 Å². The lowest BCUT2D eigenvalue weighted by Gasteiger charge is -2.22. The van der Waals surface area contributed by atoms with Crippen molar-refractivity contribution < 1.29 is 4.79 Å². The third kappa shape index (κ3) is 2.66. The largest absolute Gasteiger partial charge is 0.341 e. The highest BCUT2D eigenvalue weighted by molar-refractivity contribution is 5.74. The number of carbonyl (C=O) groups is 1. The van der Waals surface area contributed by atoms with Crippen molar-refractivity contribution >= 4 is 5.91 Å². The number of aryl methyl sites for hydroxylation is 2. The monoisotopic (exact) mass is 285 g/mol. The summed E-state index contributed by atoms with van der Waals surface area (Å²) in [4.78, 5) is 30.3. The van der Waals surface area contributed by atoms with Crippen LogP contribution in [0, 0.1) is 13.8 Å². The van der Waals surface area contributed by atoms with Crippen LogP contribution >= 0.6 is 0 Å². The zero-order valence-corrected chi connectivity index (χ0v) is 12.6. The number of rotatable bonds is 2.